The van der Waals surface area contributed by atoms with E-state index in [2.05, 4.69) is 0 Å². The fraction of sp³-hybridized carbons (Fsp3) is 0. The van der Waals surface area contributed by atoms with Crippen LogP contribution in [0.4, 0.5) is 0 Å². The average Bonchev–Trinajstić information content (AvgIpc) is 2.04. The normalized spacial score (nSPS) is 8.00. The Bertz CT molecular complexity index is 311. The van der Waals surface area contributed by atoms with Crippen LogP contribution in [0.5, 0.6) is 0 Å². The Morgan fingerprint density at radius 2 is 1.36 bits per heavy atom. The van der Waals surface area contributed by atoms with Crippen LogP contribution in [0.1, 0.15) is 20.7 Å². The number of benzene rings is 1. The van der Waals surface area contributed by atoms with Crippen molar-refractivity contribution in [2.24, 2.45) is 0 Å². The molecule has 0 unspecified atom stereocenters. The maximum atomic E-state index is 10.3. The molecular formula is C8H4AgO4Pd+. The molecule has 0 saturated carbocycles. The zero-order valence-electron chi connectivity index (χ0n) is 6.56. The third-order valence-electron chi connectivity index (χ3n) is 1.33. The fourth-order valence-electron chi connectivity index (χ4n) is 0.773. The van der Waals surface area contributed by atoms with Crippen molar-refractivity contribution < 1.29 is 62.6 Å². The van der Waals surface area contributed by atoms with Crippen molar-refractivity contribution in [2.45, 2.75) is 0 Å². The summed E-state index contributed by atoms with van der Waals surface area (Å²) < 4.78 is 0. The van der Waals surface area contributed by atoms with E-state index in [0.717, 1.165) is 6.07 Å². The maximum absolute atomic E-state index is 10.3. The van der Waals surface area contributed by atoms with Gasteiger partial charge in [0.1, 0.15) is 0 Å². The molecule has 0 atom stereocenters. The van der Waals surface area contributed by atoms with Crippen molar-refractivity contribution >= 4 is 11.9 Å². The third kappa shape index (κ3) is 4.18. The van der Waals surface area contributed by atoms with Crippen molar-refractivity contribution in [3.05, 3.63) is 35.4 Å². The SMILES string of the molecule is O=C([O-])c1cccc(C(=O)[O-])c1.[Ag+].[Pd+2]. The first-order valence-electron chi connectivity index (χ1n) is 3.14. The second-order valence-corrected chi connectivity index (χ2v) is 2.16. The van der Waals surface area contributed by atoms with Gasteiger partial charge in [-0.15, -0.1) is 0 Å². The minimum absolute atomic E-state index is 0. The number of hydrogen-bond donors (Lipinski definition) is 0. The van der Waals surface area contributed by atoms with E-state index < -0.39 is 11.9 Å². The van der Waals surface area contributed by atoms with Crippen molar-refractivity contribution in [1.29, 1.82) is 0 Å². The summed E-state index contributed by atoms with van der Waals surface area (Å²) in [6.07, 6.45) is 0. The minimum atomic E-state index is -1.40. The quantitative estimate of drug-likeness (QED) is 0.581. The maximum Gasteiger partial charge on any atom is 2.00 e. The van der Waals surface area contributed by atoms with E-state index in [1.165, 1.54) is 18.2 Å². The molecule has 0 amide bonds. The Labute approximate surface area is 109 Å². The molecule has 80 valence electrons. The fourth-order valence-corrected chi connectivity index (χ4v) is 0.773. The topological polar surface area (TPSA) is 80.3 Å². The minimum Gasteiger partial charge on any atom is -0.545 e. The molecule has 0 heterocycles. The van der Waals surface area contributed by atoms with E-state index in [9.17, 15) is 19.8 Å². The van der Waals surface area contributed by atoms with E-state index in [1.807, 2.05) is 0 Å². The number of rotatable bonds is 2. The van der Waals surface area contributed by atoms with Gasteiger partial charge in [-0.3, -0.25) is 0 Å². The molecule has 0 aliphatic heterocycles. The predicted molar refractivity (Wildman–Crippen MR) is 35.1 cm³/mol. The van der Waals surface area contributed by atoms with Gasteiger partial charge in [0.15, 0.2) is 0 Å². The van der Waals surface area contributed by atoms with Crippen LogP contribution >= 0.6 is 0 Å². The standard InChI is InChI=1S/C8H6O4.Ag.Pd/c9-7(10)5-2-1-3-6(4-5)8(11)12;;/h1-4H,(H,9,10)(H,11,12);;/q;+1;+2/p-2. The molecule has 14 heavy (non-hydrogen) atoms. The summed E-state index contributed by atoms with van der Waals surface area (Å²) in [5.74, 6) is -2.81. The molecular weight excluding hydrogens is 374 g/mol. The number of aromatic carboxylic acids is 2. The summed E-state index contributed by atoms with van der Waals surface area (Å²) in [6.45, 7) is 0. The van der Waals surface area contributed by atoms with Crippen LogP contribution in [0.15, 0.2) is 24.3 Å². The molecule has 0 saturated heterocycles. The predicted octanol–water partition coefficient (Wildman–Crippen LogP) is -1.59. The second-order valence-electron chi connectivity index (χ2n) is 2.16. The molecule has 0 aliphatic rings. The number of carboxylic acids is 2. The summed E-state index contributed by atoms with van der Waals surface area (Å²) in [5.41, 5.74) is -0.339. The first-order chi connectivity index (χ1) is 5.61. The van der Waals surface area contributed by atoms with Gasteiger partial charge in [-0.2, -0.15) is 0 Å². The molecule has 1 aromatic rings. The van der Waals surface area contributed by atoms with Crippen molar-refractivity contribution in [3.63, 3.8) is 0 Å². The number of carbonyl (C=O) groups excluding carboxylic acids is 2. The molecule has 1 rings (SSSR count). The van der Waals surface area contributed by atoms with Crippen molar-refractivity contribution in [2.75, 3.05) is 0 Å². The number of carboxylic acid groups (broad SMARTS) is 2. The number of hydrogen-bond acceptors (Lipinski definition) is 4. The molecule has 0 N–H and O–H groups in total. The van der Waals surface area contributed by atoms with Crippen LogP contribution in [0.3, 0.4) is 0 Å². The van der Waals surface area contributed by atoms with Gasteiger partial charge in [-0.25, -0.2) is 0 Å². The molecule has 4 nitrogen and oxygen atoms in total. The first-order valence-corrected chi connectivity index (χ1v) is 3.14. The zero-order chi connectivity index (χ0) is 9.14. The van der Waals surface area contributed by atoms with Crippen LogP contribution < -0.4 is 10.2 Å². The molecule has 0 radical (unpaired) electrons. The third-order valence-corrected chi connectivity index (χ3v) is 1.33. The first kappa shape index (κ1) is 16.0. The monoisotopic (exact) mass is 377 g/mol. The van der Waals surface area contributed by atoms with Crippen LogP contribution in [-0.4, -0.2) is 11.9 Å². The second kappa shape index (κ2) is 6.93. The molecule has 0 fully saturated rings. The molecule has 0 aliphatic carbocycles. The van der Waals surface area contributed by atoms with E-state index in [4.69, 9.17) is 0 Å². The van der Waals surface area contributed by atoms with Gasteiger partial charge in [-0.1, -0.05) is 18.2 Å². The van der Waals surface area contributed by atoms with Crippen molar-refractivity contribution in [1.82, 2.24) is 0 Å². The Morgan fingerprint density at radius 1 is 1.00 bits per heavy atom. The van der Waals surface area contributed by atoms with Crippen LogP contribution in [0.25, 0.3) is 0 Å². The largest absolute Gasteiger partial charge is 2.00 e. The summed E-state index contributed by atoms with van der Waals surface area (Å²) in [7, 11) is 0. The van der Waals surface area contributed by atoms with E-state index in [-0.39, 0.29) is 53.9 Å². The van der Waals surface area contributed by atoms with Gasteiger partial charge in [0, 0.05) is 0 Å². The van der Waals surface area contributed by atoms with Crippen LogP contribution in [0.2, 0.25) is 0 Å². The summed E-state index contributed by atoms with van der Waals surface area (Å²) >= 11 is 0. The molecule has 0 spiro atoms. The van der Waals surface area contributed by atoms with E-state index in [0.29, 0.717) is 0 Å². The van der Waals surface area contributed by atoms with Gasteiger partial charge >= 0.3 is 42.8 Å². The Kier molecular flexibility index (Phi) is 7.93. The van der Waals surface area contributed by atoms with Crippen LogP contribution in [-0.2, 0) is 42.8 Å². The molecule has 0 bridgehead atoms. The zero-order valence-corrected chi connectivity index (χ0v) is 9.60. The average molecular weight is 378 g/mol. The van der Waals surface area contributed by atoms with Crippen LogP contribution in [0, 0.1) is 0 Å². The van der Waals surface area contributed by atoms with E-state index >= 15 is 0 Å². The van der Waals surface area contributed by atoms with Gasteiger partial charge in [0.2, 0.25) is 0 Å². The Morgan fingerprint density at radius 3 is 1.64 bits per heavy atom. The van der Waals surface area contributed by atoms with Gasteiger partial charge in [0.25, 0.3) is 0 Å². The van der Waals surface area contributed by atoms with Gasteiger partial charge in [-0.05, 0) is 17.2 Å². The Hall–Kier alpha value is -0.437. The summed E-state index contributed by atoms with van der Waals surface area (Å²) in [4.78, 5) is 20.5. The number of carbonyl (C=O) groups is 2. The van der Waals surface area contributed by atoms with Crippen molar-refractivity contribution in [3.8, 4) is 0 Å². The molecule has 0 aromatic heterocycles. The summed E-state index contributed by atoms with van der Waals surface area (Å²) in [5, 5.41) is 20.5. The van der Waals surface area contributed by atoms with Gasteiger partial charge < -0.3 is 19.8 Å². The van der Waals surface area contributed by atoms with Gasteiger partial charge in [0.05, 0.1) is 11.9 Å². The van der Waals surface area contributed by atoms with E-state index in [1.54, 1.807) is 0 Å². The summed E-state index contributed by atoms with van der Waals surface area (Å²) in [6, 6.07) is 4.81. The molecule has 6 heteroatoms. The Balaban J connectivity index is 0. The smallest absolute Gasteiger partial charge is 0.545 e. The molecule has 1 aromatic carbocycles.